The largest absolute Gasteiger partial charge is 0.506 e. The maximum atomic E-state index is 12.3. The third-order valence-corrected chi connectivity index (χ3v) is 4.26. The molecule has 2 N–H and O–H groups in total. The molecule has 0 aliphatic carbocycles. The lowest BCUT2D eigenvalue weighted by Crippen LogP contribution is -2.30. The van der Waals surface area contributed by atoms with Gasteiger partial charge in [0.05, 0.1) is 11.6 Å². The smallest absolute Gasteiger partial charge is 0.229 e. The number of anilines is 1. The summed E-state index contributed by atoms with van der Waals surface area (Å²) in [7, 11) is 0. The Morgan fingerprint density at radius 3 is 2.58 bits per heavy atom. The van der Waals surface area contributed by atoms with Crippen LogP contribution in [0, 0.1) is 5.92 Å². The Bertz CT molecular complexity index is 730. The molecule has 1 heterocycles. The van der Waals surface area contributed by atoms with E-state index in [1.807, 2.05) is 30.3 Å². The Morgan fingerprint density at radius 1 is 1.12 bits per heavy atom. The van der Waals surface area contributed by atoms with Gasteiger partial charge in [0.1, 0.15) is 5.75 Å². The van der Waals surface area contributed by atoms with Crippen LogP contribution in [-0.4, -0.2) is 34.9 Å². The van der Waals surface area contributed by atoms with Crippen molar-refractivity contribution in [2.24, 2.45) is 5.92 Å². The highest BCUT2D eigenvalue weighted by Crippen LogP contribution is 2.25. The van der Waals surface area contributed by atoms with Crippen molar-refractivity contribution >= 4 is 17.5 Å². The van der Waals surface area contributed by atoms with Crippen LogP contribution in [0.25, 0.3) is 0 Å². The summed E-state index contributed by atoms with van der Waals surface area (Å²) in [6.45, 7) is 1.04. The molecule has 0 saturated carbocycles. The van der Waals surface area contributed by atoms with E-state index in [0.29, 0.717) is 18.8 Å². The van der Waals surface area contributed by atoms with E-state index < -0.39 is 0 Å². The molecule has 5 nitrogen and oxygen atoms in total. The highest BCUT2D eigenvalue weighted by atomic mass is 16.3. The highest BCUT2D eigenvalue weighted by molar-refractivity contribution is 5.98. The number of nitrogens with one attached hydrogen (secondary N) is 1. The fourth-order valence-electron chi connectivity index (χ4n) is 2.89. The summed E-state index contributed by atoms with van der Waals surface area (Å²) >= 11 is 0. The fraction of sp³-hybridized carbons (Fsp3) is 0.263. The summed E-state index contributed by atoms with van der Waals surface area (Å²) in [4.78, 5) is 26.2. The Labute approximate surface area is 140 Å². The lowest BCUT2D eigenvalue weighted by molar-refractivity contribution is -0.128. The molecular weight excluding hydrogens is 304 g/mol. The first-order chi connectivity index (χ1) is 11.6. The first-order valence-electron chi connectivity index (χ1n) is 8.04. The van der Waals surface area contributed by atoms with E-state index in [1.165, 1.54) is 11.6 Å². The monoisotopic (exact) mass is 324 g/mol. The Morgan fingerprint density at radius 2 is 1.83 bits per heavy atom. The summed E-state index contributed by atoms with van der Waals surface area (Å²) in [5.41, 5.74) is 1.55. The van der Waals surface area contributed by atoms with Crippen LogP contribution in [-0.2, 0) is 16.0 Å². The zero-order valence-corrected chi connectivity index (χ0v) is 13.3. The molecule has 24 heavy (non-hydrogen) atoms. The number of aromatic hydroxyl groups is 1. The minimum Gasteiger partial charge on any atom is -0.506 e. The number of hydrogen-bond donors (Lipinski definition) is 2. The van der Waals surface area contributed by atoms with Crippen molar-refractivity contribution in [2.75, 3.05) is 18.4 Å². The maximum Gasteiger partial charge on any atom is 0.229 e. The molecule has 2 aromatic rings. The summed E-state index contributed by atoms with van der Waals surface area (Å²) in [5.74, 6) is -0.584. The number of benzene rings is 2. The highest BCUT2D eigenvalue weighted by Gasteiger charge is 2.34. The average Bonchev–Trinajstić information content (AvgIpc) is 2.97. The predicted molar refractivity (Wildman–Crippen MR) is 91.6 cm³/mol. The number of amides is 2. The summed E-state index contributed by atoms with van der Waals surface area (Å²) in [6, 6.07) is 16.6. The van der Waals surface area contributed by atoms with Crippen molar-refractivity contribution in [3.8, 4) is 5.75 Å². The summed E-state index contributed by atoms with van der Waals surface area (Å²) < 4.78 is 0. The molecule has 1 atom stereocenters. The Hall–Kier alpha value is -2.82. The van der Waals surface area contributed by atoms with Gasteiger partial charge in [-0.25, -0.2) is 0 Å². The first-order valence-corrected chi connectivity index (χ1v) is 8.04. The Balaban J connectivity index is 1.56. The van der Waals surface area contributed by atoms with E-state index in [4.69, 9.17) is 0 Å². The van der Waals surface area contributed by atoms with Gasteiger partial charge in [-0.2, -0.15) is 0 Å². The van der Waals surface area contributed by atoms with Crippen molar-refractivity contribution in [3.63, 3.8) is 0 Å². The summed E-state index contributed by atoms with van der Waals surface area (Å²) in [6.07, 6.45) is 0.995. The zero-order chi connectivity index (χ0) is 16.9. The van der Waals surface area contributed by atoms with Gasteiger partial charge < -0.3 is 15.3 Å². The number of carbonyl (C=O) groups is 2. The van der Waals surface area contributed by atoms with Crippen molar-refractivity contribution < 1.29 is 14.7 Å². The van der Waals surface area contributed by atoms with Crippen LogP contribution >= 0.6 is 0 Å². The van der Waals surface area contributed by atoms with E-state index in [-0.39, 0.29) is 29.9 Å². The predicted octanol–water partition coefficient (Wildman–Crippen LogP) is 2.42. The van der Waals surface area contributed by atoms with Gasteiger partial charge in [-0.15, -0.1) is 0 Å². The van der Waals surface area contributed by atoms with E-state index in [9.17, 15) is 14.7 Å². The molecule has 2 amide bonds. The minimum absolute atomic E-state index is 0.00312. The average molecular weight is 324 g/mol. The van der Waals surface area contributed by atoms with Crippen molar-refractivity contribution in [2.45, 2.75) is 12.8 Å². The second kappa shape index (κ2) is 7.17. The van der Waals surface area contributed by atoms with Crippen LogP contribution in [0.5, 0.6) is 5.75 Å². The quantitative estimate of drug-likeness (QED) is 0.830. The number of phenols is 1. The van der Waals surface area contributed by atoms with E-state index >= 15 is 0 Å². The lowest BCUT2D eigenvalue weighted by atomic mass is 10.1. The molecule has 124 valence electrons. The van der Waals surface area contributed by atoms with E-state index in [0.717, 1.165) is 6.42 Å². The molecule has 1 aliphatic rings. The molecular formula is C19H20N2O3. The minimum atomic E-state index is -0.382. The van der Waals surface area contributed by atoms with Crippen molar-refractivity contribution in [1.82, 2.24) is 4.90 Å². The van der Waals surface area contributed by atoms with Crippen LogP contribution in [0.3, 0.4) is 0 Å². The molecule has 1 aliphatic heterocycles. The van der Waals surface area contributed by atoms with Crippen LogP contribution in [0.2, 0.25) is 0 Å². The maximum absolute atomic E-state index is 12.3. The molecule has 5 heteroatoms. The van der Waals surface area contributed by atoms with Gasteiger partial charge in [-0.3, -0.25) is 9.59 Å². The second-order valence-corrected chi connectivity index (χ2v) is 5.98. The van der Waals surface area contributed by atoms with Gasteiger partial charge in [0, 0.05) is 19.5 Å². The molecule has 1 saturated heterocycles. The van der Waals surface area contributed by atoms with Gasteiger partial charge in [0.2, 0.25) is 11.8 Å². The van der Waals surface area contributed by atoms with Gasteiger partial charge >= 0.3 is 0 Å². The molecule has 0 bridgehead atoms. The molecule has 1 unspecified atom stereocenters. The van der Waals surface area contributed by atoms with Gasteiger partial charge in [0.15, 0.2) is 0 Å². The molecule has 1 fully saturated rings. The van der Waals surface area contributed by atoms with Crippen LogP contribution < -0.4 is 5.32 Å². The molecule has 0 radical (unpaired) electrons. The number of carbonyl (C=O) groups excluding carboxylic acids is 2. The molecule has 0 aromatic heterocycles. The standard InChI is InChI=1S/C19H20N2O3/c22-17-9-5-4-8-16(17)20-19(24)15-12-18(23)21(13-15)11-10-14-6-2-1-3-7-14/h1-9,15,22H,10-13H2,(H,20,24). The van der Waals surface area contributed by atoms with E-state index in [2.05, 4.69) is 5.32 Å². The third-order valence-electron chi connectivity index (χ3n) is 4.26. The molecule has 0 spiro atoms. The van der Waals surface area contributed by atoms with Gasteiger partial charge in [-0.05, 0) is 24.1 Å². The number of hydrogen-bond acceptors (Lipinski definition) is 3. The first kappa shape index (κ1) is 16.1. The number of likely N-dealkylation sites (tertiary alicyclic amines) is 1. The number of rotatable bonds is 5. The van der Waals surface area contributed by atoms with Gasteiger partial charge in [-0.1, -0.05) is 42.5 Å². The van der Waals surface area contributed by atoms with Crippen molar-refractivity contribution in [1.29, 1.82) is 0 Å². The number of phenolic OH excluding ortho intramolecular Hbond substituents is 1. The molecule has 3 rings (SSSR count). The number of nitrogens with zero attached hydrogens (tertiary/aromatic N) is 1. The second-order valence-electron chi connectivity index (χ2n) is 5.98. The summed E-state index contributed by atoms with van der Waals surface area (Å²) in [5, 5.41) is 12.4. The molecule has 2 aromatic carbocycles. The van der Waals surface area contributed by atoms with E-state index in [1.54, 1.807) is 23.1 Å². The SMILES string of the molecule is O=C(Nc1ccccc1O)C1CC(=O)N(CCc2ccccc2)C1. The van der Waals surface area contributed by atoms with Crippen LogP contribution in [0.4, 0.5) is 5.69 Å². The topological polar surface area (TPSA) is 69.6 Å². The lowest BCUT2D eigenvalue weighted by Gasteiger charge is -2.16. The fourth-order valence-corrected chi connectivity index (χ4v) is 2.89. The van der Waals surface area contributed by atoms with Crippen molar-refractivity contribution in [3.05, 3.63) is 60.2 Å². The van der Waals surface area contributed by atoms with Gasteiger partial charge in [0.25, 0.3) is 0 Å². The normalized spacial score (nSPS) is 17.1. The third kappa shape index (κ3) is 3.74. The zero-order valence-electron chi connectivity index (χ0n) is 13.3. The van der Waals surface area contributed by atoms with Crippen LogP contribution in [0.15, 0.2) is 54.6 Å². The number of para-hydroxylation sites is 2. The van der Waals surface area contributed by atoms with Crippen LogP contribution in [0.1, 0.15) is 12.0 Å². The Kier molecular flexibility index (Phi) is 4.79.